The van der Waals surface area contributed by atoms with Crippen molar-refractivity contribution < 1.29 is 9.47 Å². The van der Waals surface area contributed by atoms with Gasteiger partial charge in [-0.2, -0.15) is 10.2 Å². The highest BCUT2D eigenvalue weighted by atomic mass is 35.5. The van der Waals surface area contributed by atoms with Gasteiger partial charge in [0, 0.05) is 25.0 Å². The largest absolute Gasteiger partial charge is 0.495 e. The molecule has 7 nitrogen and oxygen atoms in total. The lowest BCUT2D eigenvalue weighted by molar-refractivity contribution is 0.122. The van der Waals surface area contributed by atoms with E-state index in [2.05, 4.69) is 16.3 Å². The number of morpholine rings is 1. The molecule has 0 radical (unpaired) electrons. The van der Waals surface area contributed by atoms with Crippen LogP contribution in [0.25, 0.3) is 10.9 Å². The molecule has 2 heterocycles. The molecule has 1 N–H and O–H groups in total. The van der Waals surface area contributed by atoms with Crippen LogP contribution in [0.4, 0.5) is 11.8 Å². The van der Waals surface area contributed by atoms with Gasteiger partial charge in [-0.15, -0.1) is 0 Å². The minimum Gasteiger partial charge on any atom is -0.495 e. The van der Waals surface area contributed by atoms with E-state index in [1.807, 2.05) is 30.3 Å². The molecule has 1 fully saturated rings. The van der Waals surface area contributed by atoms with Crippen molar-refractivity contribution in [3.8, 4) is 11.8 Å². The number of nitriles is 1. The van der Waals surface area contributed by atoms with E-state index in [0.29, 0.717) is 47.9 Å². The summed E-state index contributed by atoms with van der Waals surface area (Å²) in [5.41, 5.74) is 2.35. The Morgan fingerprint density at radius 1 is 1.21 bits per heavy atom. The van der Waals surface area contributed by atoms with Crippen LogP contribution >= 0.6 is 11.6 Å². The lowest BCUT2D eigenvalue weighted by Crippen LogP contribution is -2.37. The van der Waals surface area contributed by atoms with Gasteiger partial charge in [0.25, 0.3) is 0 Å². The number of hydrogen-bond donors (Lipinski definition) is 1. The van der Waals surface area contributed by atoms with E-state index in [4.69, 9.17) is 31.0 Å². The maximum absolute atomic E-state index is 9.27. The monoisotopic (exact) mass is 409 g/mol. The number of fused-ring (bicyclic) bond motifs is 1. The molecule has 0 atom stereocenters. The summed E-state index contributed by atoms with van der Waals surface area (Å²) in [5, 5.41) is 14.0. The molecule has 0 unspecified atom stereocenters. The van der Waals surface area contributed by atoms with Crippen LogP contribution in [0.1, 0.15) is 11.1 Å². The second kappa shape index (κ2) is 8.52. The van der Waals surface area contributed by atoms with Gasteiger partial charge in [0.2, 0.25) is 5.95 Å². The average Bonchev–Trinajstić information content (AvgIpc) is 2.77. The molecule has 0 amide bonds. The fourth-order valence-electron chi connectivity index (χ4n) is 3.23. The summed E-state index contributed by atoms with van der Waals surface area (Å²) in [6.07, 6.45) is 0. The fourth-order valence-corrected chi connectivity index (χ4v) is 3.51. The van der Waals surface area contributed by atoms with Crippen LogP contribution in [-0.2, 0) is 11.3 Å². The zero-order chi connectivity index (χ0) is 20.2. The van der Waals surface area contributed by atoms with Crippen LogP contribution in [-0.4, -0.2) is 43.4 Å². The van der Waals surface area contributed by atoms with Crippen LogP contribution < -0.4 is 15.0 Å². The number of ether oxygens (including phenoxy) is 2. The third-order valence-corrected chi connectivity index (χ3v) is 5.08. The first kappa shape index (κ1) is 19.2. The van der Waals surface area contributed by atoms with Crippen molar-refractivity contribution in [2.75, 3.05) is 43.6 Å². The fraction of sp³-hybridized carbons (Fsp3) is 0.286. The average molecular weight is 410 g/mol. The summed E-state index contributed by atoms with van der Waals surface area (Å²) >= 11 is 6.24. The third-order valence-electron chi connectivity index (χ3n) is 4.78. The first-order chi connectivity index (χ1) is 14.2. The number of benzene rings is 2. The number of rotatable bonds is 5. The number of methoxy groups -OCH3 is 1. The molecule has 3 aromatic rings. The van der Waals surface area contributed by atoms with Crippen molar-refractivity contribution in [2.45, 2.75) is 6.54 Å². The Morgan fingerprint density at radius 3 is 2.76 bits per heavy atom. The van der Waals surface area contributed by atoms with E-state index >= 15 is 0 Å². The van der Waals surface area contributed by atoms with Crippen molar-refractivity contribution in [1.29, 1.82) is 5.26 Å². The molecule has 1 aromatic heterocycles. The topological polar surface area (TPSA) is 83.3 Å². The van der Waals surface area contributed by atoms with Gasteiger partial charge in [0.15, 0.2) is 0 Å². The Balaban J connectivity index is 1.68. The molecule has 0 spiro atoms. The van der Waals surface area contributed by atoms with Crippen molar-refractivity contribution in [3.05, 3.63) is 52.5 Å². The van der Waals surface area contributed by atoms with Gasteiger partial charge >= 0.3 is 0 Å². The third kappa shape index (κ3) is 4.19. The summed E-state index contributed by atoms with van der Waals surface area (Å²) < 4.78 is 10.6. The van der Waals surface area contributed by atoms with Crippen molar-refractivity contribution in [3.63, 3.8) is 0 Å². The number of nitrogens with one attached hydrogen (secondary N) is 1. The summed E-state index contributed by atoms with van der Waals surface area (Å²) in [5.74, 6) is 1.97. The van der Waals surface area contributed by atoms with Gasteiger partial charge < -0.3 is 19.7 Å². The molecule has 1 aliphatic rings. The second-order valence-corrected chi connectivity index (χ2v) is 7.05. The zero-order valence-electron chi connectivity index (χ0n) is 16.0. The molecule has 0 bridgehead atoms. The highest BCUT2D eigenvalue weighted by molar-refractivity contribution is 6.32. The van der Waals surface area contributed by atoms with Gasteiger partial charge in [-0.1, -0.05) is 17.7 Å². The Morgan fingerprint density at radius 2 is 2.03 bits per heavy atom. The minimum absolute atomic E-state index is 0.523. The van der Waals surface area contributed by atoms with E-state index < -0.39 is 0 Å². The van der Waals surface area contributed by atoms with Crippen molar-refractivity contribution >= 4 is 34.3 Å². The molecule has 0 saturated carbocycles. The lowest BCUT2D eigenvalue weighted by Gasteiger charge is -2.27. The molecule has 2 aromatic carbocycles. The lowest BCUT2D eigenvalue weighted by atomic mass is 10.1. The summed E-state index contributed by atoms with van der Waals surface area (Å²) in [4.78, 5) is 11.6. The van der Waals surface area contributed by atoms with Gasteiger partial charge in [0.05, 0.1) is 42.5 Å². The summed E-state index contributed by atoms with van der Waals surface area (Å²) in [6.45, 7) is 3.32. The maximum Gasteiger partial charge on any atom is 0.228 e. The van der Waals surface area contributed by atoms with Crippen molar-refractivity contribution in [2.24, 2.45) is 0 Å². The normalized spacial score (nSPS) is 13.9. The standard InChI is InChI=1S/C21H20ClN5O2/c1-28-19-5-3-15(11-17(19)22)13-24-20-16-10-14(12-23)2-4-18(16)25-21(26-20)27-6-8-29-9-7-27/h2-5,10-11H,6-9,13H2,1H3,(H,24,25,26). The number of hydrogen-bond acceptors (Lipinski definition) is 7. The van der Waals surface area contributed by atoms with E-state index in [1.165, 1.54) is 0 Å². The molecule has 29 heavy (non-hydrogen) atoms. The predicted molar refractivity (Wildman–Crippen MR) is 113 cm³/mol. The molecular formula is C21H20ClN5O2. The van der Waals surface area contributed by atoms with Crippen LogP contribution in [0, 0.1) is 11.3 Å². The van der Waals surface area contributed by atoms with Crippen molar-refractivity contribution in [1.82, 2.24) is 9.97 Å². The van der Waals surface area contributed by atoms with Crippen LogP contribution in [0.3, 0.4) is 0 Å². The Bertz CT molecular complexity index is 1080. The zero-order valence-corrected chi connectivity index (χ0v) is 16.7. The van der Waals surface area contributed by atoms with Crippen LogP contribution in [0.2, 0.25) is 5.02 Å². The van der Waals surface area contributed by atoms with Gasteiger partial charge in [-0.3, -0.25) is 0 Å². The Labute approximate surface area is 173 Å². The molecule has 1 saturated heterocycles. The van der Waals surface area contributed by atoms with Crippen LogP contribution in [0.5, 0.6) is 5.75 Å². The number of anilines is 2. The molecule has 0 aliphatic carbocycles. The molecule has 8 heteroatoms. The van der Waals surface area contributed by atoms with Crippen LogP contribution in [0.15, 0.2) is 36.4 Å². The van der Waals surface area contributed by atoms with Gasteiger partial charge in [0.1, 0.15) is 11.6 Å². The molecular weight excluding hydrogens is 390 g/mol. The minimum atomic E-state index is 0.523. The van der Waals surface area contributed by atoms with E-state index in [0.717, 1.165) is 29.6 Å². The Hall–Kier alpha value is -3.08. The molecule has 1 aliphatic heterocycles. The SMILES string of the molecule is COc1ccc(CNc2nc(N3CCOCC3)nc3ccc(C#N)cc23)cc1Cl. The first-order valence-electron chi connectivity index (χ1n) is 9.29. The van der Waals surface area contributed by atoms with E-state index in [-0.39, 0.29) is 0 Å². The highest BCUT2D eigenvalue weighted by Crippen LogP contribution is 2.28. The number of halogens is 1. The quantitative estimate of drug-likeness (QED) is 0.689. The maximum atomic E-state index is 9.27. The first-order valence-corrected chi connectivity index (χ1v) is 9.66. The summed E-state index contributed by atoms with van der Waals surface area (Å²) in [6, 6.07) is 13.3. The summed E-state index contributed by atoms with van der Waals surface area (Å²) in [7, 11) is 1.59. The van der Waals surface area contributed by atoms with Gasteiger partial charge in [-0.25, -0.2) is 4.98 Å². The number of nitrogens with zero attached hydrogens (tertiary/aromatic N) is 4. The highest BCUT2D eigenvalue weighted by Gasteiger charge is 2.17. The molecule has 4 rings (SSSR count). The van der Waals surface area contributed by atoms with E-state index in [1.54, 1.807) is 13.2 Å². The predicted octanol–water partition coefficient (Wildman–Crippen LogP) is 3.61. The second-order valence-electron chi connectivity index (χ2n) is 6.64. The number of aromatic nitrogens is 2. The smallest absolute Gasteiger partial charge is 0.228 e. The van der Waals surface area contributed by atoms with E-state index in [9.17, 15) is 5.26 Å². The molecule has 148 valence electrons. The Kier molecular flexibility index (Phi) is 5.65. The van der Waals surface area contributed by atoms with Gasteiger partial charge in [-0.05, 0) is 35.9 Å².